The molecule has 4 aromatic rings. The number of thiophene rings is 1. The third-order valence-corrected chi connectivity index (χ3v) is 7.51. The molecule has 2 aliphatic heterocycles. The Bertz CT molecular complexity index is 1430. The first-order chi connectivity index (χ1) is 15.5. The summed E-state index contributed by atoms with van der Waals surface area (Å²) in [6.07, 6.45) is 3.31. The standard InChI is InChI=1S/C24H21FN4O2S/c1-28-8-6-19(16(25)12-28)29-11-15(13-4-2-3-5-18(13)29)21-20(23(30)27-24(21)31)14-10-26-17-7-9-32-22(14)17/h2-5,7,9-11,16,19,26H,6,8,12H2,1H3,(H,27,30,31). The molecule has 2 amide bonds. The SMILES string of the molecule is CN1CCC(n2cc(C3=C(c4c[nH]c5ccsc45)C(=O)NC3=O)c3ccccc32)C(F)C1. The van der Waals surface area contributed by atoms with E-state index in [1.165, 1.54) is 11.3 Å². The summed E-state index contributed by atoms with van der Waals surface area (Å²) in [5, 5.41) is 5.27. The van der Waals surface area contributed by atoms with Crippen LogP contribution in [0.2, 0.25) is 0 Å². The van der Waals surface area contributed by atoms with Gasteiger partial charge in [-0.2, -0.15) is 0 Å². The number of halogens is 1. The van der Waals surface area contributed by atoms with Crippen molar-refractivity contribution in [2.24, 2.45) is 0 Å². The summed E-state index contributed by atoms with van der Waals surface area (Å²) < 4.78 is 18.0. The zero-order valence-corrected chi connectivity index (χ0v) is 18.2. The third-order valence-electron chi connectivity index (χ3n) is 6.56. The highest BCUT2D eigenvalue weighted by atomic mass is 32.1. The normalized spacial score (nSPS) is 22.4. The highest BCUT2D eigenvalue weighted by molar-refractivity contribution is 7.17. The minimum atomic E-state index is -1.01. The van der Waals surface area contributed by atoms with Gasteiger partial charge in [0, 0.05) is 47.5 Å². The molecule has 1 aromatic carbocycles. The fourth-order valence-corrected chi connectivity index (χ4v) is 5.92. The number of piperidine rings is 1. The summed E-state index contributed by atoms with van der Waals surface area (Å²) in [4.78, 5) is 31.1. The van der Waals surface area contributed by atoms with Crippen LogP contribution < -0.4 is 5.32 Å². The molecule has 32 heavy (non-hydrogen) atoms. The highest BCUT2D eigenvalue weighted by Gasteiger charge is 2.36. The van der Waals surface area contributed by atoms with E-state index in [1.807, 2.05) is 58.4 Å². The number of amides is 2. The van der Waals surface area contributed by atoms with Gasteiger partial charge in [-0.3, -0.25) is 14.9 Å². The van der Waals surface area contributed by atoms with Crippen molar-refractivity contribution in [2.45, 2.75) is 18.6 Å². The minimum Gasteiger partial charge on any atom is -0.360 e. The second-order valence-corrected chi connectivity index (χ2v) is 9.42. The van der Waals surface area contributed by atoms with Gasteiger partial charge in [-0.1, -0.05) is 18.2 Å². The molecule has 2 atom stereocenters. The Morgan fingerprint density at radius 3 is 2.69 bits per heavy atom. The molecule has 2 aliphatic rings. The van der Waals surface area contributed by atoms with Crippen LogP contribution in [0.15, 0.2) is 48.1 Å². The summed E-state index contributed by atoms with van der Waals surface area (Å²) in [6.45, 7) is 1.18. The van der Waals surface area contributed by atoms with Crippen molar-refractivity contribution in [3.8, 4) is 0 Å². The molecule has 0 bridgehead atoms. The van der Waals surface area contributed by atoms with Gasteiger partial charge in [0.1, 0.15) is 6.17 Å². The number of rotatable bonds is 3. The van der Waals surface area contributed by atoms with Gasteiger partial charge in [-0.25, -0.2) is 4.39 Å². The maximum atomic E-state index is 15.1. The van der Waals surface area contributed by atoms with E-state index >= 15 is 4.39 Å². The van der Waals surface area contributed by atoms with E-state index in [1.54, 1.807) is 6.20 Å². The lowest BCUT2D eigenvalue weighted by Gasteiger charge is -2.33. The molecule has 0 aliphatic carbocycles. The fourth-order valence-electron chi connectivity index (χ4n) is 5.04. The molecule has 5 heterocycles. The smallest absolute Gasteiger partial charge is 0.259 e. The Morgan fingerprint density at radius 1 is 1.09 bits per heavy atom. The predicted octanol–water partition coefficient (Wildman–Crippen LogP) is 3.97. The van der Waals surface area contributed by atoms with Crippen molar-refractivity contribution in [1.82, 2.24) is 19.8 Å². The van der Waals surface area contributed by atoms with Crippen LogP contribution in [0.4, 0.5) is 4.39 Å². The number of benzene rings is 1. The first-order valence-corrected chi connectivity index (χ1v) is 11.5. The third kappa shape index (κ3) is 2.79. The second-order valence-electron chi connectivity index (χ2n) is 8.50. The second kappa shape index (κ2) is 7.15. The number of aromatic amines is 1. The molecular formula is C24H21FN4O2S. The van der Waals surface area contributed by atoms with Crippen molar-refractivity contribution >= 4 is 55.4 Å². The summed E-state index contributed by atoms with van der Waals surface area (Å²) in [5.41, 5.74) is 3.89. The van der Waals surface area contributed by atoms with Crippen LogP contribution >= 0.6 is 11.3 Å². The minimum absolute atomic E-state index is 0.315. The van der Waals surface area contributed by atoms with E-state index < -0.39 is 18.0 Å². The number of likely N-dealkylation sites (tertiary alicyclic amines) is 1. The van der Waals surface area contributed by atoms with Crippen LogP contribution in [0.1, 0.15) is 23.6 Å². The number of carbonyl (C=O) groups excluding carboxylic acids is 2. The monoisotopic (exact) mass is 448 g/mol. The van der Waals surface area contributed by atoms with E-state index in [9.17, 15) is 9.59 Å². The van der Waals surface area contributed by atoms with Crippen molar-refractivity contribution in [2.75, 3.05) is 20.1 Å². The summed E-state index contributed by atoms with van der Waals surface area (Å²) in [6, 6.07) is 9.34. The Hall–Kier alpha value is -3.23. The number of hydrogen-bond donors (Lipinski definition) is 2. The van der Waals surface area contributed by atoms with Gasteiger partial charge >= 0.3 is 0 Å². The molecule has 162 valence electrons. The van der Waals surface area contributed by atoms with Gasteiger partial charge in [0.15, 0.2) is 0 Å². The van der Waals surface area contributed by atoms with E-state index in [0.29, 0.717) is 35.2 Å². The average Bonchev–Trinajstić information content (AvgIpc) is 3.51. The predicted molar refractivity (Wildman–Crippen MR) is 124 cm³/mol. The summed E-state index contributed by atoms with van der Waals surface area (Å²) in [7, 11) is 1.93. The Balaban J connectivity index is 1.59. The summed E-state index contributed by atoms with van der Waals surface area (Å²) in [5.74, 6) is -0.822. The molecule has 6 rings (SSSR count). The molecule has 6 nitrogen and oxygen atoms in total. The maximum Gasteiger partial charge on any atom is 0.259 e. The molecule has 0 saturated carbocycles. The molecule has 2 N–H and O–H groups in total. The van der Waals surface area contributed by atoms with Crippen LogP contribution in [-0.4, -0.2) is 52.6 Å². The molecule has 0 radical (unpaired) electrons. The number of carbonyl (C=O) groups is 2. The quantitative estimate of drug-likeness (QED) is 0.466. The number of nitrogens with zero attached hydrogens (tertiary/aromatic N) is 2. The number of alkyl halides is 1. The van der Waals surface area contributed by atoms with Gasteiger partial charge in [0.2, 0.25) is 0 Å². The lowest BCUT2D eigenvalue weighted by molar-refractivity contribution is -0.122. The number of nitrogens with one attached hydrogen (secondary N) is 2. The first kappa shape index (κ1) is 19.5. The molecule has 3 aromatic heterocycles. The Labute approximate surface area is 187 Å². The number of hydrogen-bond acceptors (Lipinski definition) is 4. The van der Waals surface area contributed by atoms with Crippen molar-refractivity contribution in [3.05, 3.63) is 59.2 Å². The topological polar surface area (TPSA) is 70.1 Å². The largest absolute Gasteiger partial charge is 0.360 e. The number of aromatic nitrogens is 2. The molecular weight excluding hydrogens is 427 g/mol. The maximum absolute atomic E-state index is 15.1. The molecule has 0 spiro atoms. The molecule has 8 heteroatoms. The average molecular weight is 449 g/mol. The van der Waals surface area contributed by atoms with Crippen molar-refractivity contribution in [3.63, 3.8) is 0 Å². The van der Waals surface area contributed by atoms with Crippen LogP contribution in [0.5, 0.6) is 0 Å². The lowest BCUT2D eigenvalue weighted by atomic mass is 9.97. The molecule has 1 saturated heterocycles. The molecule has 1 fully saturated rings. The van der Waals surface area contributed by atoms with Gasteiger partial charge in [0.05, 0.1) is 27.4 Å². The van der Waals surface area contributed by atoms with Crippen LogP contribution in [0, 0.1) is 0 Å². The first-order valence-electron chi connectivity index (χ1n) is 10.6. The van der Waals surface area contributed by atoms with Crippen LogP contribution in [0.25, 0.3) is 32.3 Å². The van der Waals surface area contributed by atoms with E-state index in [4.69, 9.17) is 0 Å². The number of H-pyrrole nitrogens is 1. The number of para-hydroxylation sites is 1. The van der Waals surface area contributed by atoms with Gasteiger partial charge in [-0.05, 0) is 31.0 Å². The van der Waals surface area contributed by atoms with Gasteiger partial charge in [0.25, 0.3) is 11.8 Å². The lowest BCUT2D eigenvalue weighted by Crippen LogP contribution is -2.40. The fraction of sp³-hybridized carbons (Fsp3) is 0.250. The highest BCUT2D eigenvalue weighted by Crippen LogP contribution is 2.41. The number of imide groups is 1. The van der Waals surface area contributed by atoms with Crippen LogP contribution in [-0.2, 0) is 9.59 Å². The van der Waals surface area contributed by atoms with Gasteiger partial charge < -0.3 is 14.5 Å². The number of fused-ring (bicyclic) bond motifs is 2. The van der Waals surface area contributed by atoms with Gasteiger partial charge in [-0.15, -0.1) is 11.3 Å². The zero-order chi connectivity index (χ0) is 22.0. The Kier molecular flexibility index (Phi) is 4.34. The molecule has 2 unspecified atom stereocenters. The van der Waals surface area contributed by atoms with Crippen molar-refractivity contribution in [1.29, 1.82) is 0 Å². The van der Waals surface area contributed by atoms with Crippen LogP contribution in [0.3, 0.4) is 0 Å². The zero-order valence-electron chi connectivity index (χ0n) is 17.4. The Morgan fingerprint density at radius 2 is 1.88 bits per heavy atom. The summed E-state index contributed by atoms with van der Waals surface area (Å²) >= 11 is 1.52. The van der Waals surface area contributed by atoms with Crippen molar-refractivity contribution < 1.29 is 14.0 Å². The van der Waals surface area contributed by atoms with E-state index in [-0.39, 0.29) is 6.04 Å². The van der Waals surface area contributed by atoms with E-state index in [0.717, 1.165) is 27.7 Å². The van der Waals surface area contributed by atoms with E-state index in [2.05, 4.69) is 10.3 Å².